The van der Waals surface area contributed by atoms with Gasteiger partial charge in [0, 0.05) is 36.4 Å². The number of thiophene rings is 1. The highest BCUT2D eigenvalue weighted by Gasteiger charge is 2.26. The molecule has 1 N–H and O–H groups in total. The minimum Gasteiger partial charge on any atom is -0.384 e. The van der Waals surface area contributed by atoms with Gasteiger partial charge in [0.1, 0.15) is 5.76 Å². The van der Waals surface area contributed by atoms with E-state index in [4.69, 9.17) is 4.52 Å². The van der Waals surface area contributed by atoms with Gasteiger partial charge in [-0.2, -0.15) is 5.16 Å². The summed E-state index contributed by atoms with van der Waals surface area (Å²) in [4.78, 5) is 27.0. The zero-order chi connectivity index (χ0) is 16.1. The third-order valence-electron chi connectivity index (χ3n) is 4.41. The van der Waals surface area contributed by atoms with Crippen molar-refractivity contribution in [1.29, 1.82) is 0 Å². The fourth-order valence-electron chi connectivity index (χ4n) is 3.21. The van der Waals surface area contributed by atoms with E-state index in [1.165, 1.54) is 17.4 Å². The number of amides is 1. The smallest absolute Gasteiger partial charge is 0.280 e. The molecule has 0 spiro atoms. The molecule has 1 unspecified atom stereocenters. The van der Waals surface area contributed by atoms with Gasteiger partial charge in [-0.1, -0.05) is 6.07 Å². The van der Waals surface area contributed by atoms with E-state index >= 15 is 0 Å². The topological polar surface area (TPSA) is 66.3 Å². The quantitative estimate of drug-likeness (QED) is 0.883. The van der Waals surface area contributed by atoms with Crippen molar-refractivity contribution in [3.05, 3.63) is 44.6 Å². The Morgan fingerprint density at radius 2 is 2.30 bits per heavy atom. The van der Waals surface area contributed by atoms with E-state index in [0.717, 1.165) is 32.2 Å². The fourth-order valence-corrected chi connectivity index (χ4v) is 3.94. The number of H-pyrrole nitrogens is 1. The van der Waals surface area contributed by atoms with Gasteiger partial charge in [0.15, 0.2) is 0 Å². The summed E-state index contributed by atoms with van der Waals surface area (Å²) in [6, 6.07) is 6.00. The Balaban J connectivity index is 1.54. The average molecular weight is 334 g/mol. The highest BCUT2D eigenvalue weighted by molar-refractivity contribution is 7.09. The SMILES string of the molecule is O=C(CCc1cc(=O)[nH]o1)N1CCCCC1CCc1cccs1. The van der Waals surface area contributed by atoms with Gasteiger partial charge in [-0.05, 0) is 43.6 Å². The van der Waals surface area contributed by atoms with Crippen LogP contribution in [0.4, 0.5) is 0 Å². The van der Waals surface area contributed by atoms with E-state index in [0.29, 0.717) is 24.6 Å². The van der Waals surface area contributed by atoms with Crippen LogP contribution in [0.1, 0.15) is 42.7 Å². The molecule has 0 radical (unpaired) electrons. The number of carbonyl (C=O) groups is 1. The predicted octanol–water partition coefficient (Wildman–Crippen LogP) is 2.98. The molecule has 0 bridgehead atoms. The van der Waals surface area contributed by atoms with Crippen LogP contribution in [0.25, 0.3) is 0 Å². The van der Waals surface area contributed by atoms with Gasteiger partial charge in [-0.3, -0.25) is 9.59 Å². The molecule has 0 aliphatic carbocycles. The maximum absolute atomic E-state index is 12.5. The molecule has 2 aromatic rings. The Bertz CT molecular complexity index is 674. The fraction of sp³-hybridized carbons (Fsp3) is 0.529. The lowest BCUT2D eigenvalue weighted by atomic mass is 9.97. The molecule has 3 heterocycles. The highest BCUT2D eigenvalue weighted by Crippen LogP contribution is 2.23. The first-order valence-corrected chi connectivity index (χ1v) is 9.09. The molecule has 1 saturated heterocycles. The summed E-state index contributed by atoms with van der Waals surface area (Å²) < 4.78 is 5.02. The minimum absolute atomic E-state index is 0.171. The van der Waals surface area contributed by atoms with E-state index in [9.17, 15) is 9.59 Å². The number of rotatable bonds is 6. The van der Waals surface area contributed by atoms with E-state index in [-0.39, 0.29) is 11.5 Å². The Hall–Kier alpha value is -1.82. The van der Waals surface area contributed by atoms with E-state index in [1.54, 1.807) is 11.3 Å². The van der Waals surface area contributed by atoms with Crippen molar-refractivity contribution < 1.29 is 9.32 Å². The largest absolute Gasteiger partial charge is 0.384 e. The normalized spacial score (nSPS) is 18.3. The van der Waals surface area contributed by atoms with Crippen LogP contribution in [0.15, 0.2) is 32.9 Å². The van der Waals surface area contributed by atoms with Gasteiger partial charge in [0.2, 0.25) is 5.91 Å². The van der Waals surface area contributed by atoms with E-state index in [2.05, 4.69) is 22.7 Å². The zero-order valence-corrected chi connectivity index (χ0v) is 13.9. The monoisotopic (exact) mass is 334 g/mol. The number of aromatic nitrogens is 1. The second kappa shape index (κ2) is 7.64. The Morgan fingerprint density at radius 3 is 3.04 bits per heavy atom. The molecule has 1 amide bonds. The number of carbonyl (C=O) groups excluding carboxylic acids is 1. The summed E-state index contributed by atoms with van der Waals surface area (Å²) in [5.74, 6) is 0.722. The van der Waals surface area contributed by atoms with Crippen molar-refractivity contribution in [1.82, 2.24) is 10.1 Å². The van der Waals surface area contributed by atoms with Gasteiger partial charge in [0.25, 0.3) is 5.56 Å². The summed E-state index contributed by atoms with van der Waals surface area (Å²) in [6.45, 7) is 0.852. The summed E-state index contributed by atoms with van der Waals surface area (Å²) in [7, 11) is 0. The van der Waals surface area contributed by atoms with Crippen molar-refractivity contribution in [2.24, 2.45) is 0 Å². The molecular formula is C17H22N2O3S. The Morgan fingerprint density at radius 1 is 1.39 bits per heavy atom. The number of hydrogen-bond acceptors (Lipinski definition) is 4. The summed E-state index contributed by atoms with van der Waals surface area (Å²) in [6.07, 6.45) is 6.33. The van der Waals surface area contributed by atoms with Crippen LogP contribution < -0.4 is 5.56 Å². The Kier molecular flexibility index (Phi) is 5.33. The number of nitrogens with one attached hydrogen (secondary N) is 1. The maximum atomic E-state index is 12.5. The standard InChI is InChI=1S/C17H22N2O3S/c20-16-12-14(22-18-16)7-9-17(21)19-10-2-1-4-13(19)6-8-15-5-3-11-23-15/h3,5,11-13H,1-2,4,6-10H2,(H,18,20). The first-order valence-electron chi connectivity index (χ1n) is 8.21. The van der Waals surface area contributed by atoms with Gasteiger partial charge in [-0.25, -0.2) is 0 Å². The molecule has 3 rings (SSSR count). The summed E-state index contributed by atoms with van der Waals surface area (Å²) in [5.41, 5.74) is -0.251. The lowest BCUT2D eigenvalue weighted by molar-refractivity contribution is -0.135. The lowest BCUT2D eigenvalue weighted by Crippen LogP contribution is -2.44. The number of nitrogens with zero attached hydrogens (tertiary/aromatic N) is 1. The molecule has 1 atom stereocenters. The lowest BCUT2D eigenvalue weighted by Gasteiger charge is -2.36. The van der Waals surface area contributed by atoms with E-state index < -0.39 is 0 Å². The van der Waals surface area contributed by atoms with Crippen LogP contribution in [0, 0.1) is 0 Å². The van der Waals surface area contributed by atoms with Gasteiger partial charge in [0.05, 0.1) is 0 Å². The average Bonchev–Trinajstić information content (AvgIpc) is 3.22. The van der Waals surface area contributed by atoms with Crippen LogP contribution in [0.5, 0.6) is 0 Å². The zero-order valence-electron chi connectivity index (χ0n) is 13.1. The van der Waals surface area contributed by atoms with Crippen molar-refractivity contribution >= 4 is 17.2 Å². The number of aryl methyl sites for hydroxylation is 2. The van der Waals surface area contributed by atoms with Crippen LogP contribution in [0.2, 0.25) is 0 Å². The number of hydrogen-bond donors (Lipinski definition) is 1. The maximum Gasteiger partial charge on any atom is 0.280 e. The molecule has 1 aliphatic rings. The van der Waals surface area contributed by atoms with Crippen molar-refractivity contribution in [2.75, 3.05) is 6.54 Å². The molecule has 6 heteroatoms. The van der Waals surface area contributed by atoms with E-state index in [1.807, 2.05) is 4.90 Å². The van der Waals surface area contributed by atoms with Crippen LogP contribution in [-0.2, 0) is 17.6 Å². The van der Waals surface area contributed by atoms with Crippen molar-refractivity contribution in [3.8, 4) is 0 Å². The second-order valence-electron chi connectivity index (χ2n) is 6.03. The molecule has 0 saturated carbocycles. The summed E-state index contributed by atoms with van der Waals surface area (Å²) >= 11 is 1.78. The molecule has 1 aliphatic heterocycles. The van der Waals surface area contributed by atoms with Crippen molar-refractivity contribution in [2.45, 2.75) is 51.0 Å². The predicted molar refractivity (Wildman–Crippen MR) is 89.6 cm³/mol. The van der Waals surface area contributed by atoms with Crippen LogP contribution in [-0.4, -0.2) is 28.6 Å². The molecular weight excluding hydrogens is 312 g/mol. The first kappa shape index (κ1) is 16.1. The highest BCUT2D eigenvalue weighted by atomic mass is 32.1. The van der Waals surface area contributed by atoms with Gasteiger partial charge < -0.3 is 9.42 Å². The molecule has 2 aromatic heterocycles. The number of piperidine rings is 1. The van der Waals surface area contributed by atoms with Crippen molar-refractivity contribution in [3.63, 3.8) is 0 Å². The van der Waals surface area contributed by atoms with Crippen LogP contribution >= 0.6 is 11.3 Å². The third-order valence-corrected chi connectivity index (χ3v) is 5.35. The number of likely N-dealkylation sites (tertiary alicyclic amines) is 1. The van der Waals surface area contributed by atoms with Gasteiger partial charge in [-0.15, -0.1) is 11.3 Å². The number of aromatic amines is 1. The minimum atomic E-state index is -0.251. The molecule has 124 valence electrons. The first-order chi connectivity index (χ1) is 11.2. The Labute approximate surface area is 139 Å². The second-order valence-corrected chi connectivity index (χ2v) is 7.07. The molecule has 0 aromatic carbocycles. The van der Waals surface area contributed by atoms with Gasteiger partial charge >= 0.3 is 0 Å². The summed E-state index contributed by atoms with van der Waals surface area (Å²) in [5, 5.41) is 4.36. The molecule has 23 heavy (non-hydrogen) atoms. The third kappa shape index (κ3) is 4.34. The molecule has 5 nitrogen and oxygen atoms in total. The van der Waals surface area contributed by atoms with Crippen LogP contribution in [0.3, 0.4) is 0 Å². The molecule has 1 fully saturated rings.